The molecule has 0 aromatic heterocycles. The number of rotatable bonds is 4. The van der Waals surface area contributed by atoms with Crippen LogP contribution in [0.15, 0.2) is 42.5 Å². The third kappa shape index (κ3) is 2.87. The van der Waals surface area contributed by atoms with Gasteiger partial charge in [0.15, 0.2) is 0 Å². The third-order valence-corrected chi connectivity index (χ3v) is 2.82. The van der Waals surface area contributed by atoms with E-state index in [1.54, 1.807) is 37.4 Å². The fraction of sp³-hybridized carbons (Fsp3) is 0.143. The van der Waals surface area contributed by atoms with Crippen LogP contribution in [-0.4, -0.2) is 12.2 Å². The predicted molar refractivity (Wildman–Crippen MR) is 70.4 cm³/mol. The molecule has 1 N–H and O–H groups in total. The fourth-order valence-corrected chi connectivity index (χ4v) is 1.70. The van der Waals surface area contributed by atoms with Gasteiger partial charge >= 0.3 is 0 Å². The molecular formula is C14H13ClO3. The second-order valence-electron chi connectivity index (χ2n) is 3.71. The minimum Gasteiger partial charge on any atom is -0.507 e. The molecule has 18 heavy (non-hydrogen) atoms. The molecule has 0 radical (unpaired) electrons. The van der Waals surface area contributed by atoms with Crippen LogP contribution >= 0.6 is 11.6 Å². The Kier molecular flexibility index (Phi) is 3.95. The van der Waals surface area contributed by atoms with Crippen LogP contribution in [0.25, 0.3) is 0 Å². The molecule has 0 spiro atoms. The van der Waals surface area contributed by atoms with E-state index in [2.05, 4.69) is 0 Å². The number of phenolic OH excluding ortho intramolecular Hbond substituents is 1. The predicted octanol–water partition coefficient (Wildman–Crippen LogP) is 3.63. The van der Waals surface area contributed by atoms with Gasteiger partial charge < -0.3 is 14.6 Å². The van der Waals surface area contributed by atoms with E-state index in [1.165, 1.54) is 0 Å². The number of phenols is 1. The van der Waals surface area contributed by atoms with Crippen LogP contribution in [0.1, 0.15) is 5.56 Å². The SMILES string of the molecule is COc1ccc(COc2ccccc2Cl)c(O)c1. The average molecular weight is 265 g/mol. The first-order valence-corrected chi connectivity index (χ1v) is 5.81. The Morgan fingerprint density at radius 1 is 1.17 bits per heavy atom. The molecule has 0 atom stereocenters. The highest BCUT2D eigenvalue weighted by atomic mass is 35.5. The van der Waals surface area contributed by atoms with Crippen molar-refractivity contribution < 1.29 is 14.6 Å². The molecule has 0 aliphatic heterocycles. The first-order chi connectivity index (χ1) is 8.70. The smallest absolute Gasteiger partial charge is 0.138 e. The molecular weight excluding hydrogens is 252 g/mol. The Bertz CT molecular complexity index is 540. The zero-order chi connectivity index (χ0) is 13.0. The lowest BCUT2D eigenvalue weighted by Crippen LogP contribution is -1.96. The molecule has 2 aromatic rings. The summed E-state index contributed by atoms with van der Waals surface area (Å²) in [6.07, 6.45) is 0. The van der Waals surface area contributed by atoms with Crippen LogP contribution in [0.5, 0.6) is 17.2 Å². The highest BCUT2D eigenvalue weighted by Crippen LogP contribution is 2.27. The van der Waals surface area contributed by atoms with Crippen molar-refractivity contribution in [1.29, 1.82) is 0 Å². The average Bonchev–Trinajstić information content (AvgIpc) is 2.39. The van der Waals surface area contributed by atoms with Crippen molar-refractivity contribution in [2.24, 2.45) is 0 Å². The van der Waals surface area contributed by atoms with Crippen molar-refractivity contribution in [3.05, 3.63) is 53.1 Å². The van der Waals surface area contributed by atoms with Crippen LogP contribution in [0.3, 0.4) is 0 Å². The zero-order valence-corrected chi connectivity index (χ0v) is 10.6. The molecule has 0 unspecified atom stereocenters. The second-order valence-corrected chi connectivity index (χ2v) is 4.12. The quantitative estimate of drug-likeness (QED) is 0.916. The van der Waals surface area contributed by atoms with E-state index in [0.29, 0.717) is 22.1 Å². The number of halogens is 1. The van der Waals surface area contributed by atoms with Crippen LogP contribution < -0.4 is 9.47 Å². The number of hydrogen-bond donors (Lipinski definition) is 1. The van der Waals surface area contributed by atoms with Gasteiger partial charge in [0.05, 0.1) is 12.1 Å². The van der Waals surface area contributed by atoms with Gasteiger partial charge in [-0.15, -0.1) is 0 Å². The largest absolute Gasteiger partial charge is 0.507 e. The van der Waals surface area contributed by atoms with Gasteiger partial charge in [-0.2, -0.15) is 0 Å². The summed E-state index contributed by atoms with van der Waals surface area (Å²) in [6, 6.07) is 12.3. The normalized spacial score (nSPS) is 10.1. The summed E-state index contributed by atoms with van der Waals surface area (Å²) in [5, 5.41) is 10.3. The molecule has 0 saturated heterocycles. The lowest BCUT2D eigenvalue weighted by Gasteiger charge is -2.10. The van der Waals surface area contributed by atoms with Crippen molar-refractivity contribution in [3.63, 3.8) is 0 Å². The molecule has 0 fully saturated rings. The Morgan fingerprint density at radius 2 is 1.94 bits per heavy atom. The molecule has 0 aliphatic carbocycles. The van der Waals surface area contributed by atoms with Gasteiger partial charge in [-0.3, -0.25) is 0 Å². The number of methoxy groups -OCH3 is 1. The molecule has 0 saturated carbocycles. The second kappa shape index (κ2) is 5.65. The van der Waals surface area contributed by atoms with E-state index in [0.717, 1.165) is 0 Å². The molecule has 0 bridgehead atoms. The van der Waals surface area contributed by atoms with E-state index in [9.17, 15) is 5.11 Å². The van der Waals surface area contributed by atoms with Crippen LogP contribution in [0, 0.1) is 0 Å². The number of hydrogen-bond acceptors (Lipinski definition) is 3. The van der Waals surface area contributed by atoms with E-state index in [1.807, 2.05) is 12.1 Å². The molecule has 0 aliphatic rings. The molecule has 2 rings (SSSR count). The maximum atomic E-state index is 9.78. The van der Waals surface area contributed by atoms with Gasteiger partial charge in [-0.1, -0.05) is 23.7 Å². The molecule has 2 aromatic carbocycles. The summed E-state index contributed by atoms with van der Waals surface area (Å²) in [4.78, 5) is 0. The maximum Gasteiger partial charge on any atom is 0.138 e. The van der Waals surface area contributed by atoms with E-state index in [-0.39, 0.29) is 12.4 Å². The first kappa shape index (κ1) is 12.6. The summed E-state index contributed by atoms with van der Waals surface area (Å²) in [6.45, 7) is 0.250. The summed E-state index contributed by atoms with van der Waals surface area (Å²) < 4.78 is 10.6. The Hall–Kier alpha value is -1.87. The minimum absolute atomic E-state index is 0.140. The minimum atomic E-state index is 0.140. The van der Waals surface area contributed by atoms with Gasteiger partial charge in [0.2, 0.25) is 0 Å². The van der Waals surface area contributed by atoms with Crippen molar-refractivity contribution in [3.8, 4) is 17.2 Å². The molecule has 0 heterocycles. The van der Waals surface area contributed by atoms with E-state index >= 15 is 0 Å². The van der Waals surface area contributed by atoms with Crippen molar-refractivity contribution in [2.75, 3.05) is 7.11 Å². The number of benzene rings is 2. The Morgan fingerprint density at radius 3 is 2.61 bits per heavy atom. The lowest BCUT2D eigenvalue weighted by atomic mass is 10.2. The monoisotopic (exact) mass is 264 g/mol. The summed E-state index contributed by atoms with van der Waals surface area (Å²) in [7, 11) is 1.55. The van der Waals surface area contributed by atoms with Crippen molar-refractivity contribution in [2.45, 2.75) is 6.61 Å². The Labute approximate surface area is 111 Å². The van der Waals surface area contributed by atoms with Crippen molar-refractivity contribution >= 4 is 11.6 Å². The topological polar surface area (TPSA) is 38.7 Å². The number of para-hydroxylation sites is 1. The van der Waals surface area contributed by atoms with Gasteiger partial charge in [0, 0.05) is 11.6 Å². The third-order valence-electron chi connectivity index (χ3n) is 2.51. The maximum absolute atomic E-state index is 9.78. The Balaban J connectivity index is 2.09. The van der Waals surface area contributed by atoms with Crippen LogP contribution in [0.4, 0.5) is 0 Å². The number of ether oxygens (including phenoxy) is 2. The zero-order valence-electron chi connectivity index (χ0n) is 9.89. The highest BCUT2D eigenvalue weighted by Gasteiger charge is 2.05. The van der Waals surface area contributed by atoms with Crippen molar-refractivity contribution in [1.82, 2.24) is 0 Å². The van der Waals surface area contributed by atoms with E-state index in [4.69, 9.17) is 21.1 Å². The molecule has 94 valence electrons. The fourth-order valence-electron chi connectivity index (χ4n) is 1.51. The highest BCUT2D eigenvalue weighted by molar-refractivity contribution is 6.32. The number of aromatic hydroxyl groups is 1. The lowest BCUT2D eigenvalue weighted by molar-refractivity contribution is 0.298. The van der Waals surface area contributed by atoms with Gasteiger partial charge in [0.25, 0.3) is 0 Å². The van der Waals surface area contributed by atoms with Gasteiger partial charge in [-0.05, 0) is 24.3 Å². The standard InChI is InChI=1S/C14H13ClO3/c1-17-11-7-6-10(13(16)8-11)9-18-14-5-3-2-4-12(14)15/h2-8,16H,9H2,1H3. The summed E-state index contributed by atoms with van der Waals surface area (Å²) in [5.41, 5.74) is 0.677. The molecule has 4 heteroatoms. The summed E-state index contributed by atoms with van der Waals surface area (Å²) >= 11 is 5.97. The van der Waals surface area contributed by atoms with E-state index < -0.39 is 0 Å². The van der Waals surface area contributed by atoms with Crippen LogP contribution in [-0.2, 0) is 6.61 Å². The van der Waals surface area contributed by atoms with Gasteiger partial charge in [0.1, 0.15) is 23.9 Å². The van der Waals surface area contributed by atoms with Crippen LogP contribution in [0.2, 0.25) is 5.02 Å². The first-order valence-electron chi connectivity index (χ1n) is 5.44. The molecule has 0 amide bonds. The summed E-state index contributed by atoms with van der Waals surface area (Å²) in [5.74, 6) is 1.34. The van der Waals surface area contributed by atoms with Gasteiger partial charge in [-0.25, -0.2) is 0 Å². The molecule has 3 nitrogen and oxygen atoms in total.